The Morgan fingerprint density at radius 1 is 1.28 bits per heavy atom. The number of nitrogens with one attached hydrogen (secondary N) is 1. The molecule has 0 unspecified atom stereocenters. The Morgan fingerprint density at radius 3 is 2.69 bits per heavy atom. The van der Waals surface area contributed by atoms with Gasteiger partial charge in [-0.25, -0.2) is 5.43 Å². The lowest BCUT2D eigenvalue weighted by Crippen LogP contribution is -2.49. The number of likely N-dealkylation sites (tertiary alicyclic amines) is 1. The van der Waals surface area contributed by atoms with Crippen molar-refractivity contribution in [2.24, 2.45) is 15.4 Å². The minimum atomic E-state index is -3.78. The van der Waals surface area contributed by atoms with E-state index in [1.54, 1.807) is 36.2 Å². The Morgan fingerprint density at radius 2 is 2.00 bits per heavy atom. The minimum Gasteiger partial charge on any atom is -0.342 e. The molecular weight excluding hydrogens is 456 g/mol. The number of para-hydroxylation sites is 1. The van der Waals surface area contributed by atoms with Crippen LogP contribution >= 0.6 is 11.3 Å². The number of nitrogens with zero attached hydrogens (tertiary/aromatic N) is 5. The van der Waals surface area contributed by atoms with Gasteiger partial charge < -0.3 is 9.80 Å². The minimum absolute atomic E-state index is 0.00498. The molecule has 1 fully saturated rings. The van der Waals surface area contributed by atoms with Crippen LogP contribution in [0.3, 0.4) is 0 Å². The molecule has 1 saturated heterocycles. The summed E-state index contributed by atoms with van der Waals surface area (Å²) in [6.07, 6.45) is 2.40. The molecular formula is C19H20N6O5S2. The number of hydrogen-bond acceptors (Lipinski definition) is 9. The van der Waals surface area contributed by atoms with Crippen LogP contribution in [0.1, 0.15) is 17.7 Å². The highest BCUT2D eigenvalue weighted by Crippen LogP contribution is 2.32. The summed E-state index contributed by atoms with van der Waals surface area (Å²) in [5.74, 6) is -0.178. The maximum atomic E-state index is 12.6. The van der Waals surface area contributed by atoms with Gasteiger partial charge in [0.1, 0.15) is 4.90 Å². The van der Waals surface area contributed by atoms with Crippen LogP contribution in [0.4, 0.5) is 10.7 Å². The highest BCUT2D eigenvalue weighted by atomic mass is 32.2. The van der Waals surface area contributed by atoms with Gasteiger partial charge in [-0.05, 0) is 31.0 Å². The smallest absolute Gasteiger partial charge is 0.324 e. The molecule has 3 heterocycles. The second kappa shape index (κ2) is 8.67. The molecule has 32 heavy (non-hydrogen) atoms. The number of carbonyl (C=O) groups excluding carboxylic acids is 1. The topological polar surface area (TPSA) is 138 Å². The molecule has 168 valence electrons. The summed E-state index contributed by atoms with van der Waals surface area (Å²) in [5.41, 5.74) is 3.05. The number of amides is 1. The van der Waals surface area contributed by atoms with Crippen LogP contribution in [-0.4, -0.2) is 56.5 Å². The molecule has 0 spiro atoms. The van der Waals surface area contributed by atoms with E-state index in [1.807, 2.05) is 4.90 Å². The maximum Gasteiger partial charge on any atom is 0.324 e. The van der Waals surface area contributed by atoms with Gasteiger partial charge in [0.2, 0.25) is 11.9 Å². The van der Waals surface area contributed by atoms with E-state index in [4.69, 9.17) is 0 Å². The standard InChI is InChI=1S/C19H20N6O5S2/c1-23-15-4-2-3-5-16(15)32(29,30)22-19(23)24-10-8-13(9-11-24)18(26)21-20-12-14-6-7-17(31-14)25(27)28/h2-7,12-13H,8-11H2,1H3,(H,21,26)/b20-12+. The lowest BCUT2D eigenvalue weighted by Gasteiger charge is -2.38. The number of rotatable bonds is 4. The first-order chi connectivity index (χ1) is 15.3. The number of benzene rings is 1. The maximum absolute atomic E-state index is 12.6. The molecule has 11 nitrogen and oxygen atoms in total. The first-order valence-corrected chi connectivity index (χ1v) is 12.0. The lowest BCUT2D eigenvalue weighted by atomic mass is 9.96. The number of carbonyl (C=O) groups is 1. The van der Waals surface area contributed by atoms with E-state index in [2.05, 4.69) is 14.9 Å². The zero-order chi connectivity index (χ0) is 22.9. The first-order valence-electron chi connectivity index (χ1n) is 9.76. The van der Waals surface area contributed by atoms with Gasteiger partial charge in [0.15, 0.2) is 0 Å². The highest BCUT2D eigenvalue weighted by molar-refractivity contribution is 7.90. The molecule has 2 aliphatic heterocycles. The number of nitro groups is 1. The van der Waals surface area contributed by atoms with Gasteiger partial charge in [0.25, 0.3) is 10.0 Å². The Labute approximate surface area is 188 Å². The van der Waals surface area contributed by atoms with Crippen molar-refractivity contribution in [2.75, 3.05) is 25.0 Å². The van der Waals surface area contributed by atoms with Crippen LogP contribution < -0.4 is 10.3 Å². The van der Waals surface area contributed by atoms with Crippen molar-refractivity contribution < 1.29 is 18.1 Å². The lowest BCUT2D eigenvalue weighted by molar-refractivity contribution is -0.380. The Bertz CT molecular complexity index is 1210. The van der Waals surface area contributed by atoms with Gasteiger partial charge in [0, 0.05) is 32.1 Å². The third-order valence-corrected chi connectivity index (χ3v) is 7.59. The Kier molecular flexibility index (Phi) is 5.93. The van der Waals surface area contributed by atoms with Gasteiger partial charge in [-0.2, -0.15) is 13.5 Å². The zero-order valence-electron chi connectivity index (χ0n) is 17.0. The van der Waals surface area contributed by atoms with Crippen LogP contribution in [0.15, 0.2) is 50.8 Å². The second-order valence-corrected chi connectivity index (χ2v) is 9.99. The summed E-state index contributed by atoms with van der Waals surface area (Å²) in [6, 6.07) is 9.66. The number of thiophene rings is 1. The number of guanidine groups is 1. The van der Waals surface area contributed by atoms with E-state index in [0.29, 0.717) is 42.5 Å². The van der Waals surface area contributed by atoms with Crippen molar-refractivity contribution >= 4 is 50.1 Å². The molecule has 2 aromatic rings. The second-order valence-electron chi connectivity index (χ2n) is 7.32. The van der Waals surface area contributed by atoms with Crippen LogP contribution in [0.5, 0.6) is 0 Å². The summed E-state index contributed by atoms with van der Waals surface area (Å²) in [6.45, 7) is 0.944. The van der Waals surface area contributed by atoms with Crippen molar-refractivity contribution in [2.45, 2.75) is 17.7 Å². The molecule has 2 aliphatic rings. The number of anilines is 1. The normalized spacial score (nSPS) is 18.3. The summed E-state index contributed by atoms with van der Waals surface area (Å²) in [4.78, 5) is 27.0. The summed E-state index contributed by atoms with van der Waals surface area (Å²) in [5, 5.41) is 14.6. The fraction of sp³-hybridized carbons (Fsp3) is 0.316. The third kappa shape index (κ3) is 4.34. The molecule has 1 aromatic carbocycles. The van der Waals surface area contributed by atoms with E-state index in [0.717, 1.165) is 11.3 Å². The molecule has 1 amide bonds. The van der Waals surface area contributed by atoms with Gasteiger partial charge in [-0.15, -0.1) is 4.40 Å². The molecule has 1 aromatic heterocycles. The van der Waals surface area contributed by atoms with Crippen molar-refractivity contribution in [1.82, 2.24) is 10.3 Å². The van der Waals surface area contributed by atoms with Crippen LogP contribution in [0.2, 0.25) is 0 Å². The largest absolute Gasteiger partial charge is 0.342 e. The zero-order valence-corrected chi connectivity index (χ0v) is 18.7. The highest BCUT2D eigenvalue weighted by Gasteiger charge is 2.34. The quantitative estimate of drug-likeness (QED) is 0.405. The fourth-order valence-electron chi connectivity index (χ4n) is 3.65. The first kappa shape index (κ1) is 21.9. The van der Waals surface area contributed by atoms with Gasteiger partial charge in [0.05, 0.1) is 21.7 Å². The van der Waals surface area contributed by atoms with Crippen LogP contribution in [0.25, 0.3) is 0 Å². The van der Waals surface area contributed by atoms with Gasteiger partial charge in [-0.1, -0.05) is 23.5 Å². The van der Waals surface area contributed by atoms with Crippen LogP contribution in [-0.2, 0) is 14.8 Å². The Hall–Kier alpha value is -3.32. The van der Waals surface area contributed by atoms with Crippen molar-refractivity contribution in [3.8, 4) is 0 Å². The molecule has 0 atom stereocenters. The number of hydrogen-bond donors (Lipinski definition) is 1. The monoisotopic (exact) mass is 476 g/mol. The SMILES string of the molecule is CN1C(N2CCC(C(=O)N/N=C/c3ccc([N+](=O)[O-])s3)CC2)=NS(=O)(=O)c2ccccc21. The molecule has 0 radical (unpaired) electrons. The Balaban J connectivity index is 1.36. The summed E-state index contributed by atoms with van der Waals surface area (Å²) in [7, 11) is -2.01. The summed E-state index contributed by atoms with van der Waals surface area (Å²) >= 11 is 0.966. The van der Waals surface area contributed by atoms with Gasteiger partial charge in [-0.3, -0.25) is 14.9 Å². The average Bonchev–Trinajstić information content (AvgIpc) is 3.26. The number of piperidine rings is 1. The van der Waals surface area contributed by atoms with Crippen molar-refractivity contribution in [1.29, 1.82) is 0 Å². The predicted molar refractivity (Wildman–Crippen MR) is 120 cm³/mol. The van der Waals surface area contributed by atoms with Crippen molar-refractivity contribution in [3.63, 3.8) is 0 Å². The van der Waals surface area contributed by atoms with Gasteiger partial charge >= 0.3 is 5.00 Å². The molecule has 13 heteroatoms. The number of fused-ring (bicyclic) bond motifs is 1. The third-order valence-electron chi connectivity index (χ3n) is 5.31. The van der Waals surface area contributed by atoms with E-state index in [1.165, 1.54) is 18.3 Å². The van der Waals surface area contributed by atoms with E-state index >= 15 is 0 Å². The molecule has 0 bridgehead atoms. The van der Waals surface area contributed by atoms with Crippen LogP contribution in [0, 0.1) is 16.0 Å². The number of hydrazone groups is 1. The molecule has 4 rings (SSSR count). The predicted octanol–water partition coefficient (Wildman–Crippen LogP) is 2.01. The molecule has 0 saturated carbocycles. The van der Waals surface area contributed by atoms with E-state index < -0.39 is 14.9 Å². The van der Waals surface area contributed by atoms with Crippen molar-refractivity contribution in [3.05, 3.63) is 51.4 Å². The molecule has 1 N–H and O–H groups in total. The number of sulfonamides is 1. The fourth-order valence-corrected chi connectivity index (χ4v) is 5.61. The average molecular weight is 477 g/mol. The van der Waals surface area contributed by atoms with E-state index in [9.17, 15) is 23.3 Å². The summed E-state index contributed by atoms with van der Waals surface area (Å²) < 4.78 is 29.1. The molecule has 0 aliphatic carbocycles. The van der Waals surface area contributed by atoms with E-state index in [-0.39, 0.29) is 21.7 Å².